The number of anilines is 1. The van der Waals surface area contributed by atoms with Gasteiger partial charge in [-0.2, -0.15) is 4.08 Å². The average Bonchev–Trinajstić information content (AvgIpc) is 2.28. The first-order chi connectivity index (χ1) is 8.85. The van der Waals surface area contributed by atoms with Gasteiger partial charge >= 0.3 is 6.72 Å². The zero-order valence-corrected chi connectivity index (χ0v) is 13.7. The third-order valence-electron chi connectivity index (χ3n) is 2.10. The van der Waals surface area contributed by atoms with E-state index < -0.39 is 16.7 Å². The van der Waals surface area contributed by atoms with Crippen molar-refractivity contribution in [2.24, 2.45) is 0 Å². The lowest BCUT2D eigenvalue weighted by molar-refractivity contribution is 0.347. The van der Waals surface area contributed by atoms with E-state index in [0.29, 0.717) is 11.4 Å². The molecular formula is C11H18NO4PS2. The van der Waals surface area contributed by atoms with Crippen LogP contribution < -0.4 is 4.08 Å². The Labute approximate surface area is 118 Å². The Morgan fingerprint density at radius 1 is 1.26 bits per heavy atom. The number of benzene rings is 1. The summed E-state index contributed by atoms with van der Waals surface area (Å²) in [4.78, 5) is 0. The average molecular weight is 323 g/mol. The van der Waals surface area contributed by atoms with E-state index in [2.05, 4.69) is 0 Å². The van der Waals surface area contributed by atoms with E-state index in [0.717, 1.165) is 21.7 Å². The number of sulfonamides is 1. The lowest BCUT2D eigenvalue weighted by Crippen LogP contribution is -2.26. The van der Waals surface area contributed by atoms with E-state index in [1.54, 1.807) is 37.3 Å². The van der Waals surface area contributed by atoms with Gasteiger partial charge in [-0.05, 0) is 30.4 Å². The molecule has 5 nitrogen and oxygen atoms in total. The van der Waals surface area contributed by atoms with Crippen LogP contribution in [-0.4, -0.2) is 27.0 Å². The molecule has 1 rings (SSSR count). The minimum absolute atomic E-state index is 0.184. The second kappa shape index (κ2) is 6.79. The van der Waals surface area contributed by atoms with Gasteiger partial charge < -0.3 is 4.52 Å². The first-order valence-electron chi connectivity index (χ1n) is 5.80. The normalized spacial score (nSPS) is 14.9. The number of rotatable bonds is 7. The Morgan fingerprint density at radius 2 is 1.84 bits per heavy atom. The van der Waals surface area contributed by atoms with Crippen LogP contribution in [-0.2, 0) is 19.1 Å². The van der Waals surface area contributed by atoms with Gasteiger partial charge in [0.1, 0.15) is 0 Å². The summed E-state index contributed by atoms with van der Waals surface area (Å²) in [6, 6.07) is 8.36. The molecule has 0 N–H and O–H groups in total. The molecule has 0 radical (unpaired) electrons. The van der Waals surface area contributed by atoms with E-state index in [9.17, 15) is 13.0 Å². The molecule has 0 fully saturated rings. The van der Waals surface area contributed by atoms with Crippen molar-refractivity contribution in [2.45, 2.75) is 13.8 Å². The predicted octanol–water partition coefficient (Wildman–Crippen LogP) is 3.35. The molecule has 108 valence electrons. The fraction of sp³-hybridized carbons (Fsp3) is 0.455. The van der Waals surface area contributed by atoms with Gasteiger partial charge in [-0.25, -0.2) is 8.42 Å². The summed E-state index contributed by atoms with van der Waals surface area (Å²) >= 11 is 1.01. The van der Waals surface area contributed by atoms with E-state index in [1.165, 1.54) is 0 Å². The van der Waals surface area contributed by atoms with Crippen molar-refractivity contribution in [1.82, 2.24) is 0 Å². The molecule has 0 aliphatic heterocycles. The predicted molar refractivity (Wildman–Crippen MR) is 81.1 cm³/mol. The van der Waals surface area contributed by atoms with Crippen LogP contribution in [0.3, 0.4) is 0 Å². The van der Waals surface area contributed by atoms with E-state index >= 15 is 0 Å². The summed E-state index contributed by atoms with van der Waals surface area (Å²) in [6.45, 7) is 0.169. The Hall–Kier alpha value is -0.490. The van der Waals surface area contributed by atoms with Gasteiger partial charge in [-0.3, -0.25) is 4.57 Å². The summed E-state index contributed by atoms with van der Waals surface area (Å²) in [6.07, 6.45) is 1.03. The fourth-order valence-corrected chi connectivity index (χ4v) is 8.62. The third-order valence-corrected chi connectivity index (χ3v) is 9.19. The van der Waals surface area contributed by atoms with Gasteiger partial charge in [0, 0.05) is 5.75 Å². The fourth-order valence-electron chi connectivity index (χ4n) is 1.54. The van der Waals surface area contributed by atoms with Crippen LogP contribution in [0.4, 0.5) is 5.69 Å². The van der Waals surface area contributed by atoms with E-state index in [4.69, 9.17) is 4.52 Å². The summed E-state index contributed by atoms with van der Waals surface area (Å²) in [5.74, 6) is 0.496. The standard InChI is InChI=1S/C11H18NO4PS2/c1-4-16-17(13,18-5-2)12(19(3,14)15)11-9-7-6-8-10-11/h6-10H,4-5H2,1-3H3. The first-order valence-corrected chi connectivity index (χ1v) is 10.8. The molecule has 0 saturated carbocycles. The second-order valence-corrected chi connectivity index (χ2v) is 10.3. The molecule has 1 atom stereocenters. The highest BCUT2D eigenvalue weighted by Gasteiger charge is 2.38. The zero-order chi connectivity index (χ0) is 14.5. The summed E-state index contributed by atoms with van der Waals surface area (Å²) < 4.78 is 43.0. The number of hydrogen-bond acceptors (Lipinski definition) is 5. The first kappa shape index (κ1) is 16.6. The van der Waals surface area contributed by atoms with Crippen LogP contribution in [0.15, 0.2) is 30.3 Å². The highest BCUT2D eigenvalue weighted by molar-refractivity contribution is 8.58. The molecule has 1 aromatic rings. The van der Waals surface area contributed by atoms with E-state index in [-0.39, 0.29) is 6.61 Å². The minimum Gasteiger partial charge on any atom is -0.305 e. The van der Waals surface area contributed by atoms with Crippen LogP contribution in [0.5, 0.6) is 0 Å². The molecule has 1 aromatic carbocycles. The third kappa shape index (κ3) is 4.24. The monoisotopic (exact) mass is 323 g/mol. The molecule has 0 bridgehead atoms. The molecule has 0 aromatic heterocycles. The van der Waals surface area contributed by atoms with Gasteiger partial charge in [0.2, 0.25) is 10.0 Å². The van der Waals surface area contributed by atoms with Crippen LogP contribution in [0.1, 0.15) is 13.8 Å². The number of nitrogens with zero attached hydrogens (tertiary/aromatic N) is 1. The molecule has 0 aliphatic rings. The van der Waals surface area contributed by atoms with Gasteiger partial charge in [0.15, 0.2) is 0 Å². The molecule has 8 heteroatoms. The van der Waals surface area contributed by atoms with Crippen molar-refractivity contribution in [1.29, 1.82) is 0 Å². The molecule has 0 amide bonds. The van der Waals surface area contributed by atoms with Crippen molar-refractivity contribution in [2.75, 3.05) is 22.7 Å². The number of hydrogen-bond donors (Lipinski definition) is 0. The molecular weight excluding hydrogens is 305 g/mol. The van der Waals surface area contributed by atoms with Crippen LogP contribution >= 0.6 is 18.1 Å². The SMILES string of the molecule is CCOP(=O)(SCC)N(c1ccccc1)S(C)(=O)=O. The van der Waals surface area contributed by atoms with Crippen LogP contribution in [0.25, 0.3) is 0 Å². The lowest BCUT2D eigenvalue weighted by atomic mass is 10.3. The highest BCUT2D eigenvalue weighted by atomic mass is 32.7. The quantitative estimate of drug-likeness (QED) is 0.720. The minimum atomic E-state index is -3.70. The molecule has 19 heavy (non-hydrogen) atoms. The number of para-hydroxylation sites is 1. The summed E-state index contributed by atoms with van der Waals surface area (Å²) in [7, 11) is -3.70. The summed E-state index contributed by atoms with van der Waals surface area (Å²) in [5.41, 5.74) is 0.350. The van der Waals surface area contributed by atoms with Crippen molar-refractivity contribution < 1.29 is 17.5 Å². The molecule has 0 aliphatic carbocycles. The Morgan fingerprint density at radius 3 is 2.26 bits per heavy atom. The van der Waals surface area contributed by atoms with Crippen molar-refractivity contribution >= 4 is 33.8 Å². The smallest absolute Gasteiger partial charge is 0.305 e. The largest absolute Gasteiger partial charge is 0.367 e. The zero-order valence-electron chi connectivity index (χ0n) is 11.1. The van der Waals surface area contributed by atoms with Gasteiger partial charge in [-0.1, -0.05) is 25.1 Å². The van der Waals surface area contributed by atoms with Crippen molar-refractivity contribution in [3.8, 4) is 0 Å². The van der Waals surface area contributed by atoms with Crippen LogP contribution in [0.2, 0.25) is 0 Å². The maximum absolute atomic E-state index is 12.8. The van der Waals surface area contributed by atoms with Crippen molar-refractivity contribution in [3.63, 3.8) is 0 Å². The topological polar surface area (TPSA) is 63.7 Å². The lowest BCUT2D eigenvalue weighted by Gasteiger charge is -2.29. The highest BCUT2D eigenvalue weighted by Crippen LogP contribution is 2.64. The molecule has 0 saturated heterocycles. The summed E-state index contributed by atoms with van der Waals surface area (Å²) in [5, 5.41) is 0. The maximum atomic E-state index is 12.8. The Bertz CT molecular complexity index is 537. The Kier molecular flexibility index (Phi) is 5.92. The van der Waals surface area contributed by atoms with E-state index in [1.807, 2.05) is 6.92 Å². The van der Waals surface area contributed by atoms with Gasteiger partial charge in [0.05, 0.1) is 18.6 Å². The van der Waals surface area contributed by atoms with Crippen molar-refractivity contribution in [3.05, 3.63) is 30.3 Å². The van der Waals surface area contributed by atoms with Gasteiger partial charge in [0.25, 0.3) is 0 Å². The van der Waals surface area contributed by atoms with Crippen LogP contribution in [0, 0.1) is 0 Å². The Balaban J connectivity index is 3.36. The van der Waals surface area contributed by atoms with Gasteiger partial charge in [-0.15, -0.1) is 0 Å². The molecule has 1 unspecified atom stereocenters. The maximum Gasteiger partial charge on any atom is 0.367 e. The second-order valence-electron chi connectivity index (χ2n) is 3.65. The molecule has 0 heterocycles. The molecule has 0 spiro atoms.